The fraction of sp³-hybridized carbons (Fsp3) is 0.609. The van der Waals surface area contributed by atoms with Crippen molar-refractivity contribution < 1.29 is 19.1 Å². The Labute approximate surface area is 178 Å². The number of para-hydroxylation sites is 1. The van der Waals surface area contributed by atoms with E-state index < -0.39 is 0 Å². The van der Waals surface area contributed by atoms with E-state index in [-0.39, 0.29) is 29.6 Å². The van der Waals surface area contributed by atoms with Crippen LogP contribution in [0.15, 0.2) is 30.3 Å². The van der Waals surface area contributed by atoms with E-state index in [0.717, 1.165) is 31.4 Å². The van der Waals surface area contributed by atoms with E-state index in [0.29, 0.717) is 45.8 Å². The molecular formula is C23H33N3O4. The minimum atomic E-state index is -0.175. The first-order valence-corrected chi connectivity index (χ1v) is 11.1. The van der Waals surface area contributed by atoms with Crippen LogP contribution in [0.25, 0.3) is 0 Å². The van der Waals surface area contributed by atoms with Crippen LogP contribution < -0.4 is 10.1 Å². The molecule has 1 aromatic rings. The third kappa shape index (κ3) is 5.97. The minimum absolute atomic E-state index is 0.0299. The van der Waals surface area contributed by atoms with Gasteiger partial charge in [-0.1, -0.05) is 18.2 Å². The highest BCUT2D eigenvalue weighted by Gasteiger charge is 2.34. The smallest absolute Gasteiger partial charge is 0.227 e. The maximum absolute atomic E-state index is 13.1. The van der Waals surface area contributed by atoms with Crippen LogP contribution in [0.1, 0.15) is 39.0 Å². The van der Waals surface area contributed by atoms with Crippen LogP contribution >= 0.6 is 0 Å². The van der Waals surface area contributed by atoms with Crippen LogP contribution in [0.2, 0.25) is 0 Å². The first-order chi connectivity index (χ1) is 14.6. The van der Waals surface area contributed by atoms with E-state index in [4.69, 9.17) is 4.74 Å². The normalized spacial score (nSPS) is 21.8. The van der Waals surface area contributed by atoms with Gasteiger partial charge in [0, 0.05) is 32.7 Å². The van der Waals surface area contributed by atoms with Crippen molar-refractivity contribution in [1.82, 2.24) is 15.1 Å². The molecule has 0 bridgehead atoms. The topological polar surface area (TPSA) is 79.0 Å². The molecule has 2 aliphatic rings. The first-order valence-electron chi connectivity index (χ1n) is 11.1. The third-order valence-corrected chi connectivity index (χ3v) is 5.91. The second kappa shape index (κ2) is 11.0. The lowest BCUT2D eigenvalue weighted by atomic mass is 9.92. The Bertz CT molecular complexity index is 724. The van der Waals surface area contributed by atoms with Crippen molar-refractivity contribution in [3.63, 3.8) is 0 Å². The van der Waals surface area contributed by atoms with Crippen molar-refractivity contribution in [2.45, 2.75) is 39.0 Å². The van der Waals surface area contributed by atoms with E-state index in [1.165, 1.54) is 0 Å². The maximum atomic E-state index is 13.1. The van der Waals surface area contributed by atoms with Gasteiger partial charge < -0.3 is 19.9 Å². The van der Waals surface area contributed by atoms with Gasteiger partial charge in [-0.3, -0.25) is 14.4 Å². The SMILES string of the molecule is CCNC(=O)C1CCCN(C(=O)C2CCCN(C(=O)CCOc3ccccc3)C2)C1. The van der Waals surface area contributed by atoms with Crippen LogP contribution in [0.3, 0.4) is 0 Å². The van der Waals surface area contributed by atoms with Gasteiger partial charge in [0.25, 0.3) is 0 Å². The summed E-state index contributed by atoms with van der Waals surface area (Å²) in [6, 6.07) is 9.45. The quantitative estimate of drug-likeness (QED) is 0.739. The summed E-state index contributed by atoms with van der Waals surface area (Å²) in [5.41, 5.74) is 0. The Morgan fingerprint density at radius 1 is 1.00 bits per heavy atom. The van der Waals surface area contributed by atoms with E-state index in [2.05, 4.69) is 5.32 Å². The Kier molecular flexibility index (Phi) is 8.11. The first kappa shape index (κ1) is 22.1. The van der Waals surface area contributed by atoms with Gasteiger partial charge in [-0.05, 0) is 44.7 Å². The van der Waals surface area contributed by atoms with E-state index in [1.54, 1.807) is 4.90 Å². The molecule has 3 amide bonds. The predicted molar refractivity (Wildman–Crippen MR) is 114 cm³/mol. The standard InChI is InChI=1S/C23H33N3O4/c1-2-24-22(28)18-8-6-14-26(16-18)23(29)19-9-7-13-25(17-19)21(27)12-15-30-20-10-4-3-5-11-20/h3-5,10-11,18-19H,2,6-9,12-17H2,1H3,(H,24,28). The molecule has 0 spiro atoms. The van der Waals surface area contributed by atoms with Gasteiger partial charge in [-0.25, -0.2) is 0 Å². The van der Waals surface area contributed by atoms with Gasteiger partial charge in [-0.2, -0.15) is 0 Å². The summed E-state index contributed by atoms with van der Waals surface area (Å²) in [6.45, 7) is 5.18. The van der Waals surface area contributed by atoms with Crippen molar-refractivity contribution in [1.29, 1.82) is 0 Å². The Morgan fingerprint density at radius 3 is 2.40 bits per heavy atom. The summed E-state index contributed by atoms with van der Waals surface area (Å²) in [7, 11) is 0. The fourth-order valence-electron chi connectivity index (χ4n) is 4.30. The zero-order valence-electron chi connectivity index (χ0n) is 17.8. The lowest BCUT2D eigenvalue weighted by Gasteiger charge is -2.38. The minimum Gasteiger partial charge on any atom is -0.493 e. The number of amides is 3. The second-order valence-electron chi connectivity index (χ2n) is 8.11. The van der Waals surface area contributed by atoms with Crippen LogP contribution in [0.4, 0.5) is 0 Å². The molecule has 7 heteroatoms. The van der Waals surface area contributed by atoms with Gasteiger partial charge in [0.1, 0.15) is 5.75 Å². The molecule has 1 aromatic carbocycles. The predicted octanol–water partition coefficient (Wildman–Crippen LogP) is 2.07. The van der Waals surface area contributed by atoms with E-state index in [1.807, 2.05) is 42.2 Å². The summed E-state index contributed by atoms with van der Waals surface area (Å²) >= 11 is 0. The average molecular weight is 416 g/mol. The maximum Gasteiger partial charge on any atom is 0.227 e. The van der Waals surface area contributed by atoms with Crippen molar-refractivity contribution in [2.75, 3.05) is 39.3 Å². The van der Waals surface area contributed by atoms with Crippen molar-refractivity contribution in [2.24, 2.45) is 11.8 Å². The van der Waals surface area contributed by atoms with Gasteiger partial charge >= 0.3 is 0 Å². The zero-order chi connectivity index (χ0) is 21.3. The van der Waals surface area contributed by atoms with Crippen LogP contribution in [-0.2, 0) is 14.4 Å². The van der Waals surface area contributed by atoms with Gasteiger partial charge in [0.2, 0.25) is 17.7 Å². The molecule has 0 saturated carbocycles. The molecule has 2 atom stereocenters. The lowest BCUT2D eigenvalue weighted by Crippen LogP contribution is -2.51. The molecular weight excluding hydrogens is 382 g/mol. The Morgan fingerprint density at radius 2 is 1.67 bits per heavy atom. The number of nitrogens with one attached hydrogen (secondary N) is 1. The number of piperidine rings is 2. The summed E-state index contributed by atoms with van der Waals surface area (Å²) in [4.78, 5) is 41.5. The number of likely N-dealkylation sites (tertiary alicyclic amines) is 2. The van der Waals surface area contributed by atoms with Crippen molar-refractivity contribution >= 4 is 17.7 Å². The fourth-order valence-corrected chi connectivity index (χ4v) is 4.30. The Balaban J connectivity index is 1.47. The molecule has 0 aliphatic carbocycles. The number of hydrogen-bond donors (Lipinski definition) is 1. The summed E-state index contributed by atoms with van der Waals surface area (Å²) in [5, 5.41) is 2.87. The number of carbonyl (C=O) groups is 3. The highest BCUT2D eigenvalue weighted by atomic mass is 16.5. The average Bonchev–Trinajstić information content (AvgIpc) is 2.79. The van der Waals surface area contributed by atoms with Crippen molar-refractivity contribution in [3.8, 4) is 5.75 Å². The van der Waals surface area contributed by atoms with Gasteiger partial charge in [-0.15, -0.1) is 0 Å². The molecule has 2 saturated heterocycles. The third-order valence-electron chi connectivity index (χ3n) is 5.91. The molecule has 30 heavy (non-hydrogen) atoms. The molecule has 2 fully saturated rings. The number of ether oxygens (including phenoxy) is 1. The van der Waals surface area contributed by atoms with Crippen LogP contribution in [-0.4, -0.2) is 66.9 Å². The number of rotatable bonds is 7. The molecule has 3 rings (SSSR count). The van der Waals surface area contributed by atoms with Crippen LogP contribution in [0, 0.1) is 11.8 Å². The second-order valence-corrected chi connectivity index (χ2v) is 8.11. The molecule has 1 N–H and O–H groups in total. The molecule has 0 radical (unpaired) electrons. The molecule has 0 aromatic heterocycles. The number of carbonyl (C=O) groups excluding carboxylic acids is 3. The number of nitrogens with zero attached hydrogens (tertiary/aromatic N) is 2. The summed E-state index contributed by atoms with van der Waals surface area (Å²) in [5.74, 6) is 0.603. The summed E-state index contributed by atoms with van der Waals surface area (Å²) in [6.07, 6.45) is 3.60. The molecule has 2 aliphatic heterocycles. The van der Waals surface area contributed by atoms with E-state index in [9.17, 15) is 14.4 Å². The number of hydrogen-bond acceptors (Lipinski definition) is 4. The van der Waals surface area contributed by atoms with Gasteiger partial charge in [0.05, 0.1) is 24.9 Å². The molecule has 164 valence electrons. The van der Waals surface area contributed by atoms with Gasteiger partial charge in [0.15, 0.2) is 0 Å². The van der Waals surface area contributed by atoms with Crippen molar-refractivity contribution in [3.05, 3.63) is 30.3 Å². The molecule has 2 unspecified atom stereocenters. The Hall–Kier alpha value is -2.57. The summed E-state index contributed by atoms with van der Waals surface area (Å²) < 4.78 is 5.63. The largest absolute Gasteiger partial charge is 0.493 e. The number of benzene rings is 1. The highest BCUT2D eigenvalue weighted by Crippen LogP contribution is 2.24. The highest BCUT2D eigenvalue weighted by molar-refractivity contribution is 5.83. The lowest BCUT2D eigenvalue weighted by molar-refractivity contribution is -0.143. The molecule has 2 heterocycles. The monoisotopic (exact) mass is 415 g/mol. The van der Waals surface area contributed by atoms with E-state index >= 15 is 0 Å². The zero-order valence-corrected chi connectivity index (χ0v) is 17.8. The molecule has 7 nitrogen and oxygen atoms in total. The van der Waals surface area contributed by atoms with Crippen LogP contribution in [0.5, 0.6) is 5.75 Å².